The van der Waals surface area contributed by atoms with Gasteiger partial charge in [-0.1, -0.05) is 13.8 Å². The van der Waals surface area contributed by atoms with Gasteiger partial charge in [0.1, 0.15) is 0 Å². The van der Waals surface area contributed by atoms with Crippen LogP contribution in [0, 0.1) is 10.1 Å². The summed E-state index contributed by atoms with van der Waals surface area (Å²) in [6.07, 6.45) is 0. The standard InChI is InChI=1S/C15H16N4O2/c1-10(2)14-9-11(16)3-8-15(14)18-17-12-4-6-13(7-5-12)19(20)21/h3-10H,16H2,1-2H3. The summed E-state index contributed by atoms with van der Waals surface area (Å²) < 4.78 is 0. The molecule has 6 heteroatoms. The fourth-order valence-electron chi connectivity index (χ4n) is 1.88. The molecule has 0 spiro atoms. The van der Waals surface area contributed by atoms with Crippen LogP contribution in [0.15, 0.2) is 52.7 Å². The number of nitro groups is 1. The lowest BCUT2D eigenvalue weighted by atomic mass is 10.0. The van der Waals surface area contributed by atoms with Crippen molar-refractivity contribution in [3.8, 4) is 0 Å². The van der Waals surface area contributed by atoms with Crippen molar-refractivity contribution in [2.24, 2.45) is 10.2 Å². The Morgan fingerprint density at radius 2 is 1.76 bits per heavy atom. The second-order valence-electron chi connectivity index (χ2n) is 4.95. The molecule has 0 bridgehead atoms. The lowest BCUT2D eigenvalue weighted by Gasteiger charge is -2.09. The lowest BCUT2D eigenvalue weighted by molar-refractivity contribution is -0.384. The van der Waals surface area contributed by atoms with Gasteiger partial charge in [0.2, 0.25) is 0 Å². The highest BCUT2D eigenvalue weighted by Gasteiger charge is 2.07. The van der Waals surface area contributed by atoms with E-state index < -0.39 is 4.92 Å². The Hall–Kier alpha value is -2.76. The molecule has 2 rings (SSSR count). The number of anilines is 1. The Morgan fingerprint density at radius 1 is 1.10 bits per heavy atom. The predicted molar refractivity (Wildman–Crippen MR) is 82.2 cm³/mol. The summed E-state index contributed by atoms with van der Waals surface area (Å²) in [6, 6.07) is 11.4. The summed E-state index contributed by atoms with van der Waals surface area (Å²) in [5.74, 6) is 0.277. The molecule has 0 aliphatic carbocycles. The van der Waals surface area contributed by atoms with Crippen molar-refractivity contribution in [1.82, 2.24) is 0 Å². The number of rotatable bonds is 4. The van der Waals surface area contributed by atoms with Crippen LogP contribution in [0.5, 0.6) is 0 Å². The Balaban J connectivity index is 2.27. The zero-order valence-corrected chi connectivity index (χ0v) is 11.9. The third-order valence-electron chi connectivity index (χ3n) is 3.01. The van der Waals surface area contributed by atoms with Gasteiger partial charge in [-0.15, -0.1) is 0 Å². The van der Waals surface area contributed by atoms with E-state index in [2.05, 4.69) is 24.1 Å². The van der Waals surface area contributed by atoms with Crippen molar-refractivity contribution in [3.05, 3.63) is 58.1 Å². The first kappa shape index (κ1) is 14.6. The van der Waals surface area contributed by atoms with E-state index in [1.807, 2.05) is 12.1 Å². The highest BCUT2D eigenvalue weighted by atomic mass is 16.6. The molecule has 21 heavy (non-hydrogen) atoms. The minimum Gasteiger partial charge on any atom is -0.399 e. The first-order chi connectivity index (χ1) is 9.97. The Labute approximate surface area is 122 Å². The van der Waals surface area contributed by atoms with Gasteiger partial charge in [0.05, 0.1) is 16.3 Å². The number of nitrogen functional groups attached to an aromatic ring is 1. The third kappa shape index (κ3) is 3.62. The van der Waals surface area contributed by atoms with Gasteiger partial charge in [-0.05, 0) is 41.8 Å². The van der Waals surface area contributed by atoms with Crippen molar-refractivity contribution in [3.63, 3.8) is 0 Å². The Bertz CT molecular complexity index is 679. The van der Waals surface area contributed by atoms with Crippen molar-refractivity contribution < 1.29 is 4.92 Å². The molecule has 0 atom stereocenters. The van der Waals surface area contributed by atoms with Crippen LogP contribution in [0.4, 0.5) is 22.7 Å². The zero-order valence-electron chi connectivity index (χ0n) is 11.9. The smallest absolute Gasteiger partial charge is 0.269 e. The van der Waals surface area contributed by atoms with E-state index in [-0.39, 0.29) is 11.6 Å². The molecule has 0 aliphatic heterocycles. The molecule has 0 saturated heterocycles. The maximum Gasteiger partial charge on any atom is 0.269 e. The first-order valence-electron chi connectivity index (χ1n) is 6.53. The van der Waals surface area contributed by atoms with E-state index in [9.17, 15) is 10.1 Å². The number of nitro benzene ring substituents is 1. The van der Waals surface area contributed by atoms with Crippen LogP contribution in [0.3, 0.4) is 0 Å². The largest absolute Gasteiger partial charge is 0.399 e. The summed E-state index contributed by atoms with van der Waals surface area (Å²) in [7, 11) is 0. The first-order valence-corrected chi connectivity index (χ1v) is 6.53. The summed E-state index contributed by atoms with van der Waals surface area (Å²) in [5, 5.41) is 18.9. The molecule has 2 aromatic carbocycles. The fourth-order valence-corrected chi connectivity index (χ4v) is 1.88. The molecular formula is C15H16N4O2. The highest BCUT2D eigenvalue weighted by Crippen LogP contribution is 2.30. The number of hydrogen-bond donors (Lipinski definition) is 1. The minimum atomic E-state index is -0.447. The average molecular weight is 284 g/mol. The van der Waals surface area contributed by atoms with Crippen molar-refractivity contribution >= 4 is 22.7 Å². The highest BCUT2D eigenvalue weighted by molar-refractivity contribution is 5.56. The fraction of sp³-hybridized carbons (Fsp3) is 0.200. The normalized spacial score (nSPS) is 11.2. The van der Waals surface area contributed by atoms with Gasteiger partial charge in [0, 0.05) is 17.8 Å². The zero-order chi connectivity index (χ0) is 15.4. The number of nitrogens with two attached hydrogens (primary N) is 1. The van der Waals surface area contributed by atoms with Gasteiger partial charge in [-0.3, -0.25) is 10.1 Å². The molecule has 0 saturated carbocycles. The molecule has 0 aromatic heterocycles. The van der Waals surface area contributed by atoms with Gasteiger partial charge in [0.25, 0.3) is 5.69 Å². The van der Waals surface area contributed by atoms with E-state index in [1.54, 1.807) is 18.2 Å². The van der Waals surface area contributed by atoms with Gasteiger partial charge in [-0.2, -0.15) is 10.2 Å². The summed E-state index contributed by atoms with van der Waals surface area (Å²) in [6.45, 7) is 4.11. The topological polar surface area (TPSA) is 93.9 Å². The average Bonchev–Trinajstić information content (AvgIpc) is 2.46. The molecule has 0 aliphatic rings. The van der Waals surface area contributed by atoms with Crippen LogP contribution in [-0.2, 0) is 0 Å². The Morgan fingerprint density at radius 3 is 2.33 bits per heavy atom. The molecule has 0 fully saturated rings. The lowest BCUT2D eigenvalue weighted by Crippen LogP contribution is -1.91. The maximum atomic E-state index is 10.6. The van der Waals surface area contributed by atoms with E-state index >= 15 is 0 Å². The van der Waals surface area contributed by atoms with Crippen molar-refractivity contribution in [1.29, 1.82) is 0 Å². The monoisotopic (exact) mass is 284 g/mol. The van der Waals surface area contributed by atoms with Gasteiger partial charge >= 0.3 is 0 Å². The van der Waals surface area contributed by atoms with Crippen LogP contribution in [0.1, 0.15) is 25.3 Å². The second kappa shape index (κ2) is 6.13. The number of hydrogen-bond acceptors (Lipinski definition) is 5. The van der Waals surface area contributed by atoms with Crippen LogP contribution in [0.2, 0.25) is 0 Å². The molecule has 0 unspecified atom stereocenters. The van der Waals surface area contributed by atoms with Crippen LogP contribution < -0.4 is 5.73 Å². The van der Waals surface area contributed by atoms with Gasteiger partial charge < -0.3 is 5.73 Å². The molecule has 2 N–H and O–H groups in total. The van der Waals surface area contributed by atoms with E-state index in [0.29, 0.717) is 11.4 Å². The van der Waals surface area contributed by atoms with Crippen LogP contribution in [0.25, 0.3) is 0 Å². The molecular weight excluding hydrogens is 268 g/mol. The summed E-state index contributed by atoms with van der Waals surface area (Å²) >= 11 is 0. The SMILES string of the molecule is CC(C)c1cc(N)ccc1N=Nc1ccc([N+](=O)[O-])cc1. The number of benzene rings is 2. The number of azo groups is 1. The molecule has 6 nitrogen and oxygen atoms in total. The van der Waals surface area contributed by atoms with Crippen molar-refractivity contribution in [2.45, 2.75) is 19.8 Å². The number of non-ortho nitro benzene ring substituents is 1. The third-order valence-corrected chi connectivity index (χ3v) is 3.01. The van der Waals surface area contributed by atoms with Gasteiger partial charge in [-0.25, -0.2) is 0 Å². The van der Waals surface area contributed by atoms with E-state index in [0.717, 1.165) is 11.3 Å². The van der Waals surface area contributed by atoms with Crippen LogP contribution in [-0.4, -0.2) is 4.92 Å². The summed E-state index contributed by atoms with van der Waals surface area (Å²) in [4.78, 5) is 10.1. The minimum absolute atomic E-state index is 0.0318. The molecule has 0 radical (unpaired) electrons. The quantitative estimate of drug-likeness (QED) is 0.381. The predicted octanol–water partition coefficient (Wildman–Crippen LogP) is 4.72. The molecule has 0 amide bonds. The molecule has 2 aromatic rings. The van der Waals surface area contributed by atoms with Crippen molar-refractivity contribution in [2.75, 3.05) is 5.73 Å². The number of nitrogens with zero attached hydrogens (tertiary/aromatic N) is 3. The van der Waals surface area contributed by atoms with E-state index in [4.69, 9.17) is 5.73 Å². The maximum absolute atomic E-state index is 10.6. The molecule has 108 valence electrons. The summed E-state index contributed by atoms with van der Waals surface area (Å²) in [5.41, 5.74) is 8.83. The van der Waals surface area contributed by atoms with E-state index in [1.165, 1.54) is 12.1 Å². The Kier molecular flexibility index (Phi) is 4.27. The van der Waals surface area contributed by atoms with Crippen LogP contribution >= 0.6 is 0 Å². The molecule has 0 heterocycles. The van der Waals surface area contributed by atoms with Gasteiger partial charge in [0.15, 0.2) is 0 Å². The second-order valence-corrected chi connectivity index (χ2v) is 4.95.